The third kappa shape index (κ3) is 2.63. The minimum absolute atomic E-state index is 0.422. The highest BCUT2D eigenvalue weighted by Gasteiger charge is 2.12. The van der Waals surface area contributed by atoms with Crippen LogP contribution in [0.2, 0.25) is 0 Å². The molecule has 2 heterocycles. The van der Waals surface area contributed by atoms with Gasteiger partial charge in [-0.05, 0) is 54.3 Å². The van der Waals surface area contributed by atoms with Gasteiger partial charge in [0.05, 0.1) is 0 Å². The molecule has 5 nitrogen and oxygen atoms in total. The fourth-order valence-corrected chi connectivity index (χ4v) is 3.14. The van der Waals surface area contributed by atoms with Crippen LogP contribution < -0.4 is 5.73 Å². The fraction of sp³-hybridized carbons (Fsp3) is 0.0952. The van der Waals surface area contributed by atoms with Gasteiger partial charge in [0.15, 0.2) is 11.5 Å². The van der Waals surface area contributed by atoms with E-state index in [1.807, 2.05) is 66.1 Å². The number of pyridine rings is 1. The molecule has 0 aliphatic carbocycles. The van der Waals surface area contributed by atoms with Crippen LogP contribution in [0.5, 0.6) is 0 Å². The third-order valence-corrected chi connectivity index (χ3v) is 4.63. The number of nitrogens with zero attached hydrogens (tertiary/aromatic N) is 3. The number of rotatable bonds is 3. The molecule has 0 fully saturated rings. The van der Waals surface area contributed by atoms with Gasteiger partial charge in [-0.25, -0.2) is 0 Å². The summed E-state index contributed by atoms with van der Waals surface area (Å²) in [6.45, 7) is 3.93. The predicted molar refractivity (Wildman–Crippen MR) is 102 cm³/mol. The Morgan fingerprint density at radius 1 is 0.923 bits per heavy atom. The Balaban J connectivity index is 1.82. The monoisotopic (exact) mass is 342 g/mol. The van der Waals surface area contributed by atoms with Crippen LogP contribution in [0.1, 0.15) is 21.5 Å². The van der Waals surface area contributed by atoms with Crippen LogP contribution in [-0.4, -0.2) is 20.5 Å². The average molecular weight is 342 g/mol. The molecule has 0 aliphatic rings. The number of aryl methyl sites for hydroxylation is 2. The maximum Gasteiger partial charge on any atom is 0.248 e. The summed E-state index contributed by atoms with van der Waals surface area (Å²) in [6.07, 6.45) is 1.95. The highest BCUT2D eigenvalue weighted by atomic mass is 16.1. The average Bonchev–Trinajstić information content (AvgIpc) is 3.05. The van der Waals surface area contributed by atoms with Crippen LogP contribution in [-0.2, 0) is 0 Å². The van der Waals surface area contributed by atoms with Crippen molar-refractivity contribution in [1.29, 1.82) is 0 Å². The van der Waals surface area contributed by atoms with Gasteiger partial charge < -0.3 is 5.73 Å². The lowest BCUT2D eigenvalue weighted by Gasteiger charge is -2.08. The van der Waals surface area contributed by atoms with Crippen molar-refractivity contribution in [3.8, 4) is 22.5 Å². The largest absolute Gasteiger partial charge is 0.366 e. The van der Waals surface area contributed by atoms with Crippen LogP contribution in [0, 0.1) is 13.8 Å². The van der Waals surface area contributed by atoms with Gasteiger partial charge in [0.1, 0.15) is 0 Å². The maximum atomic E-state index is 11.6. The first-order chi connectivity index (χ1) is 12.5. The SMILES string of the molecule is Cc1ccc(-c2ccn3c(-c4ccccc4C)nnc3c2)cc1C(N)=O. The first-order valence-corrected chi connectivity index (χ1v) is 8.36. The zero-order valence-electron chi connectivity index (χ0n) is 14.6. The highest BCUT2D eigenvalue weighted by Crippen LogP contribution is 2.26. The topological polar surface area (TPSA) is 73.3 Å². The van der Waals surface area contributed by atoms with E-state index >= 15 is 0 Å². The summed E-state index contributed by atoms with van der Waals surface area (Å²) >= 11 is 0. The van der Waals surface area contributed by atoms with E-state index in [-0.39, 0.29) is 0 Å². The van der Waals surface area contributed by atoms with Crippen molar-refractivity contribution >= 4 is 11.6 Å². The van der Waals surface area contributed by atoms with Crippen LogP contribution in [0.3, 0.4) is 0 Å². The number of hydrogen-bond acceptors (Lipinski definition) is 3. The molecule has 4 aromatic rings. The summed E-state index contributed by atoms with van der Waals surface area (Å²) in [7, 11) is 0. The van der Waals surface area contributed by atoms with E-state index in [4.69, 9.17) is 5.73 Å². The van der Waals surface area contributed by atoms with E-state index in [2.05, 4.69) is 23.2 Å². The molecule has 0 saturated carbocycles. The number of carbonyl (C=O) groups is 1. The Kier molecular flexibility index (Phi) is 3.77. The zero-order chi connectivity index (χ0) is 18.3. The van der Waals surface area contributed by atoms with E-state index in [1.54, 1.807) is 0 Å². The second kappa shape index (κ2) is 6.11. The number of benzene rings is 2. The predicted octanol–water partition coefficient (Wildman–Crippen LogP) is 3.78. The Hall–Kier alpha value is -3.47. The number of fused-ring (bicyclic) bond motifs is 1. The van der Waals surface area contributed by atoms with Gasteiger partial charge in [0.25, 0.3) is 0 Å². The Morgan fingerprint density at radius 2 is 1.69 bits per heavy atom. The van der Waals surface area contributed by atoms with Crippen LogP contribution in [0.25, 0.3) is 28.2 Å². The molecule has 0 atom stereocenters. The summed E-state index contributed by atoms with van der Waals surface area (Å²) in [5.74, 6) is 0.390. The number of aromatic nitrogens is 3. The van der Waals surface area contributed by atoms with Crippen molar-refractivity contribution in [2.24, 2.45) is 5.73 Å². The number of carbonyl (C=O) groups excluding carboxylic acids is 1. The lowest BCUT2D eigenvalue weighted by molar-refractivity contribution is 0.1000. The molecule has 0 saturated heterocycles. The lowest BCUT2D eigenvalue weighted by atomic mass is 10.00. The Labute approximate surface area is 151 Å². The summed E-state index contributed by atoms with van der Waals surface area (Å²) < 4.78 is 1.97. The van der Waals surface area contributed by atoms with Crippen molar-refractivity contribution < 1.29 is 4.79 Å². The molecule has 2 aromatic carbocycles. The van der Waals surface area contributed by atoms with E-state index in [0.717, 1.165) is 39.3 Å². The zero-order valence-corrected chi connectivity index (χ0v) is 14.6. The van der Waals surface area contributed by atoms with Gasteiger partial charge in [0.2, 0.25) is 5.91 Å². The van der Waals surface area contributed by atoms with Crippen LogP contribution >= 0.6 is 0 Å². The van der Waals surface area contributed by atoms with Gasteiger partial charge >= 0.3 is 0 Å². The molecule has 128 valence electrons. The third-order valence-electron chi connectivity index (χ3n) is 4.63. The molecular weight excluding hydrogens is 324 g/mol. The molecule has 2 aromatic heterocycles. The molecule has 0 unspecified atom stereocenters. The fourth-order valence-electron chi connectivity index (χ4n) is 3.14. The van der Waals surface area contributed by atoms with Crippen LogP contribution in [0.4, 0.5) is 0 Å². The van der Waals surface area contributed by atoms with Gasteiger partial charge in [-0.1, -0.05) is 36.4 Å². The molecule has 2 N–H and O–H groups in total. The Bertz CT molecular complexity index is 1140. The van der Waals surface area contributed by atoms with Crippen LogP contribution in [0.15, 0.2) is 60.8 Å². The number of nitrogens with two attached hydrogens (primary N) is 1. The van der Waals surface area contributed by atoms with Gasteiger partial charge in [-0.2, -0.15) is 0 Å². The van der Waals surface area contributed by atoms with E-state index in [1.165, 1.54) is 0 Å². The second-order valence-corrected chi connectivity index (χ2v) is 6.38. The molecule has 26 heavy (non-hydrogen) atoms. The first kappa shape index (κ1) is 16.0. The maximum absolute atomic E-state index is 11.6. The van der Waals surface area contributed by atoms with E-state index in [0.29, 0.717) is 5.56 Å². The molecule has 5 heteroatoms. The summed E-state index contributed by atoms with van der Waals surface area (Å²) in [6, 6.07) is 17.8. The Morgan fingerprint density at radius 3 is 2.46 bits per heavy atom. The molecule has 0 bridgehead atoms. The smallest absolute Gasteiger partial charge is 0.248 e. The number of amides is 1. The molecule has 0 aliphatic heterocycles. The molecule has 4 rings (SSSR count). The molecular formula is C21H18N4O. The number of primary amides is 1. The van der Waals surface area contributed by atoms with Gasteiger partial charge in [-0.3, -0.25) is 9.20 Å². The summed E-state index contributed by atoms with van der Waals surface area (Å²) in [4.78, 5) is 11.6. The highest BCUT2D eigenvalue weighted by molar-refractivity contribution is 5.95. The minimum atomic E-state index is -0.422. The summed E-state index contributed by atoms with van der Waals surface area (Å²) in [5, 5.41) is 8.68. The second-order valence-electron chi connectivity index (χ2n) is 6.38. The molecule has 1 amide bonds. The lowest BCUT2D eigenvalue weighted by Crippen LogP contribution is -2.12. The number of hydrogen-bond donors (Lipinski definition) is 1. The van der Waals surface area contributed by atoms with E-state index < -0.39 is 5.91 Å². The van der Waals surface area contributed by atoms with Crippen molar-refractivity contribution in [1.82, 2.24) is 14.6 Å². The van der Waals surface area contributed by atoms with Gasteiger partial charge in [-0.15, -0.1) is 10.2 Å². The van der Waals surface area contributed by atoms with Crippen molar-refractivity contribution in [2.75, 3.05) is 0 Å². The normalized spacial score (nSPS) is 11.0. The van der Waals surface area contributed by atoms with Crippen molar-refractivity contribution in [3.05, 3.63) is 77.5 Å². The van der Waals surface area contributed by atoms with Gasteiger partial charge in [0, 0.05) is 17.3 Å². The minimum Gasteiger partial charge on any atom is -0.366 e. The molecule has 0 radical (unpaired) electrons. The summed E-state index contributed by atoms with van der Waals surface area (Å²) in [5.41, 5.74) is 11.7. The standard InChI is InChI=1S/C21H18N4O/c1-13-5-3-4-6-17(13)21-24-23-19-12-16(9-10-25(19)21)15-8-7-14(2)18(11-15)20(22)26/h3-12H,1-2H3,(H2,22,26). The first-order valence-electron chi connectivity index (χ1n) is 8.36. The molecule has 0 spiro atoms. The van der Waals surface area contributed by atoms with Crippen molar-refractivity contribution in [2.45, 2.75) is 13.8 Å². The van der Waals surface area contributed by atoms with E-state index in [9.17, 15) is 4.79 Å². The van der Waals surface area contributed by atoms with Crippen molar-refractivity contribution in [3.63, 3.8) is 0 Å². The quantitative estimate of drug-likeness (QED) is 0.616.